The summed E-state index contributed by atoms with van der Waals surface area (Å²) >= 11 is 0.739. The second-order valence-electron chi connectivity index (χ2n) is 13.4. The fraction of sp³-hybridized carbons (Fsp3) is 0.417. The smallest absolute Gasteiger partial charge is 0.339 e. The van der Waals surface area contributed by atoms with Crippen molar-refractivity contribution in [1.29, 1.82) is 5.26 Å². The topological polar surface area (TPSA) is 177 Å². The number of fused-ring (bicyclic) bond motifs is 5. The van der Waals surface area contributed by atoms with E-state index in [1.54, 1.807) is 19.9 Å². The zero-order valence-electron chi connectivity index (χ0n) is 26.4. The zero-order valence-corrected chi connectivity index (χ0v) is 27.2. The molecule has 0 bridgehead atoms. The highest BCUT2D eigenvalue weighted by molar-refractivity contribution is 8.14. The Bertz CT molecular complexity index is 1820. The predicted molar refractivity (Wildman–Crippen MR) is 173 cm³/mol. The summed E-state index contributed by atoms with van der Waals surface area (Å²) in [6, 6.07) is 11.8. The van der Waals surface area contributed by atoms with E-state index in [4.69, 9.17) is 15.2 Å². The number of allylic oxidation sites excluding steroid dienone is 4. The molecular formula is C36H35FN2O8S. The number of amides is 1. The molecule has 0 saturated heterocycles. The van der Waals surface area contributed by atoms with Crippen molar-refractivity contribution in [3.63, 3.8) is 0 Å². The number of rotatable bonds is 7. The number of hydrogen-bond donors (Lipinski definition) is 3. The van der Waals surface area contributed by atoms with Gasteiger partial charge in [-0.1, -0.05) is 30.3 Å². The number of nitriles is 1. The van der Waals surface area contributed by atoms with Gasteiger partial charge in [-0.15, -0.1) is 0 Å². The Morgan fingerprint density at radius 2 is 1.81 bits per heavy atom. The number of benzene rings is 2. The molecule has 2 aromatic rings. The van der Waals surface area contributed by atoms with Gasteiger partial charge in [0.1, 0.15) is 17.2 Å². The number of aliphatic hydroxyl groups excluding tert-OH is 1. The number of carbonyl (C=O) groups is 4. The molecule has 48 heavy (non-hydrogen) atoms. The van der Waals surface area contributed by atoms with Crippen molar-refractivity contribution in [3.8, 4) is 23.3 Å². The van der Waals surface area contributed by atoms with Gasteiger partial charge in [-0.05, 0) is 93.5 Å². The maximum Gasteiger partial charge on any atom is 0.339 e. The molecule has 0 aliphatic heterocycles. The van der Waals surface area contributed by atoms with Gasteiger partial charge >= 0.3 is 5.97 Å². The van der Waals surface area contributed by atoms with E-state index in [1.165, 1.54) is 54.6 Å². The van der Waals surface area contributed by atoms with E-state index in [0.717, 1.165) is 11.8 Å². The number of nitrogens with zero attached hydrogens (tertiary/aromatic N) is 1. The molecule has 3 saturated carbocycles. The molecule has 12 heteroatoms. The van der Waals surface area contributed by atoms with Crippen LogP contribution >= 0.6 is 11.8 Å². The standard InChI is InChI=1S/C36H35FN2O8S/c1-33-13-11-22(40)17-21(33)5-10-27-26-12-14-35(32(45)48-16-15-38,34(26,2)19-29(42)36(27,33)37)47-31(44)20-3-6-23(7-4-20)46-24-8-9-25(30(39)43)28(41)18-24/h3-4,6-9,11,13,17-18,26-27,29,41-42H,5,10,12,14,16,19H2,1-2H3,(H2,39,43)/t26?,27?,29-,33-,34-,35-,36?/m0/s1. The third kappa shape index (κ3) is 4.94. The number of nitrogens with two attached hydrogens (primary N) is 1. The fourth-order valence-corrected chi connectivity index (χ4v) is 9.56. The number of phenols is 1. The third-order valence-corrected chi connectivity index (χ3v) is 12.1. The number of hydrogen-bond acceptors (Lipinski definition) is 10. The van der Waals surface area contributed by atoms with Crippen molar-refractivity contribution in [2.45, 2.75) is 63.3 Å². The molecule has 4 aliphatic carbocycles. The summed E-state index contributed by atoms with van der Waals surface area (Å²) < 4.78 is 29.5. The lowest BCUT2D eigenvalue weighted by atomic mass is 9.45. The van der Waals surface area contributed by atoms with Crippen molar-refractivity contribution in [2.75, 3.05) is 5.75 Å². The van der Waals surface area contributed by atoms with Gasteiger partial charge in [0.25, 0.3) is 5.91 Å². The molecule has 3 fully saturated rings. The van der Waals surface area contributed by atoms with Crippen LogP contribution in [0, 0.1) is 34.0 Å². The van der Waals surface area contributed by atoms with E-state index >= 15 is 4.39 Å². The first-order valence-electron chi connectivity index (χ1n) is 15.7. The molecule has 4 aliphatic rings. The fourth-order valence-electron chi connectivity index (χ4n) is 8.75. The molecule has 6 rings (SSSR count). The largest absolute Gasteiger partial charge is 0.507 e. The van der Waals surface area contributed by atoms with Crippen molar-refractivity contribution in [1.82, 2.24) is 0 Å². The first kappa shape index (κ1) is 33.4. The van der Waals surface area contributed by atoms with Crippen molar-refractivity contribution < 1.29 is 43.3 Å². The SMILES string of the molecule is C[C@]12C=CC(=O)C=C1CCC1C3CC[C@](OC(=O)c4ccc(Oc5ccc(C(N)=O)c(O)c5)cc4)(C(=O)SCC#N)[C@@]3(C)C[C@H](O)C12F. The second-order valence-corrected chi connectivity index (χ2v) is 14.4. The Morgan fingerprint density at radius 3 is 2.48 bits per heavy atom. The number of alkyl halides is 1. The molecule has 1 amide bonds. The van der Waals surface area contributed by atoms with Gasteiger partial charge in [0.2, 0.25) is 5.12 Å². The van der Waals surface area contributed by atoms with E-state index in [-0.39, 0.29) is 47.0 Å². The number of esters is 1. The van der Waals surface area contributed by atoms with Crippen LogP contribution in [0.1, 0.15) is 66.7 Å². The van der Waals surface area contributed by atoms with Crippen LogP contribution in [0.15, 0.2) is 66.3 Å². The molecule has 2 aromatic carbocycles. The molecule has 0 aromatic heterocycles. The number of thioether (sulfide) groups is 1. The summed E-state index contributed by atoms with van der Waals surface area (Å²) in [6.45, 7) is 3.48. The number of ether oxygens (including phenoxy) is 2. The van der Waals surface area contributed by atoms with Crippen LogP contribution in [-0.2, 0) is 14.3 Å². The van der Waals surface area contributed by atoms with E-state index in [2.05, 4.69) is 0 Å². The van der Waals surface area contributed by atoms with Crippen LogP contribution in [0.5, 0.6) is 17.2 Å². The molecule has 0 spiro atoms. The normalized spacial score (nSPS) is 33.4. The summed E-state index contributed by atoms with van der Waals surface area (Å²) in [7, 11) is 0. The highest BCUT2D eigenvalue weighted by Gasteiger charge is 2.75. The maximum absolute atomic E-state index is 17.6. The Balaban J connectivity index is 1.29. The number of ketones is 1. The highest BCUT2D eigenvalue weighted by Crippen LogP contribution is 2.70. The van der Waals surface area contributed by atoms with Gasteiger partial charge in [-0.25, -0.2) is 9.18 Å². The lowest BCUT2D eigenvalue weighted by molar-refractivity contribution is -0.214. The first-order valence-corrected chi connectivity index (χ1v) is 16.7. The van der Waals surface area contributed by atoms with E-state index in [0.29, 0.717) is 30.6 Å². The number of aromatic hydroxyl groups is 1. The molecule has 0 heterocycles. The average molecular weight is 675 g/mol. The van der Waals surface area contributed by atoms with Gasteiger partial charge in [0.05, 0.1) is 29.1 Å². The summed E-state index contributed by atoms with van der Waals surface area (Å²) in [5.74, 6) is -2.96. The van der Waals surface area contributed by atoms with Crippen molar-refractivity contribution in [3.05, 3.63) is 77.4 Å². The number of primary amides is 1. The van der Waals surface area contributed by atoms with E-state index in [1.807, 2.05) is 6.07 Å². The van der Waals surface area contributed by atoms with E-state index in [9.17, 15) is 34.7 Å². The average Bonchev–Trinajstić information content (AvgIpc) is 3.33. The Labute approximate surface area is 280 Å². The van der Waals surface area contributed by atoms with Crippen LogP contribution in [0.25, 0.3) is 0 Å². The van der Waals surface area contributed by atoms with Crippen LogP contribution < -0.4 is 10.5 Å². The van der Waals surface area contributed by atoms with Crippen LogP contribution in [0.3, 0.4) is 0 Å². The number of halogens is 1. The summed E-state index contributed by atoms with van der Waals surface area (Å²) in [5, 5.41) is 30.5. The molecule has 0 radical (unpaired) electrons. The molecule has 250 valence electrons. The molecule has 4 N–H and O–H groups in total. The minimum Gasteiger partial charge on any atom is -0.507 e. The summed E-state index contributed by atoms with van der Waals surface area (Å²) in [5.41, 5.74) is -0.327. The van der Waals surface area contributed by atoms with Crippen LogP contribution in [0.4, 0.5) is 4.39 Å². The monoisotopic (exact) mass is 674 g/mol. The number of aliphatic hydroxyl groups is 1. The van der Waals surface area contributed by atoms with Gasteiger partial charge in [0.15, 0.2) is 17.1 Å². The maximum atomic E-state index is 17.6. The lowest BCUT2D eigenvalue weighted by Crippen LogP contribution is -2.69. The van der Waals surface area contributed by atoms with Gasteiger partial charge in [-0.2, -0.15) is 5.26 Å². The third-order valence-electron chi connectivity index (χ3n) is 11.2. The Kier molecular flexibility index (Phi) is 8.28. The minimum absolute atomic E-state index is 0.0658. The summed E-state index contributed by atoms with van der Waals surface area (Å²) in [6.07, 6.45) is 3.92. The molecular weight excluding hydrogens is 639 g/mol. The Hall–Kier alpha value is -4.47. The second kappa shape index (κ2) is 11.9. The van der Waals surface area contributed by atoms with Gasteiger partial charge < -0.3 is 25.4 Å². The van der Waals surface area contributed by atoms with Crippen molar-refractivity contribution >= 4 is 34.5 Å². The molecule has 3 unspecified atom stereocenters. The predicted octanol–water partition coefficient (Wildman–Crippen LogP) is 5.33. The summed E-state index contributed by atoms with van der Waals surface area (Å²) in [4.78, 5) is 51.3. The Morgan fingerprint density at radius 1 is 1.10 bits per heavy atom. The molecule has 10 nitrogen and oxygen atoms in total. The lowest BCUT2D eigenvalue weighted by Gasteiger charge is -2.62. The number of carbonyl (C=O) groups excluding carboxylic acids is 4. The zero-order chi connectivity index (χ0) is 34.6. The highest BCUT2D eigenvalue weighted by atomic mass is 32.2. The molecule has 7 atom stereocenters. The van der Waals surface area contributed by atoms with E-state index < -0.39 is 57.0 Å². The van der Waals surface area contributed by atoms with Gasteiger partial charge in [-0.3, -0.25) is 14.4 Å². The van der Waals surface area contributed by atoms with Crippen LogP contribution in [0.2, 0.25) is 0 Å². The first-order chi connectivity index (χ1) is 22.7. The van der Waals surface area contributed by atoms with Gasteiger partial charge in [0, 0.05) is 22.8 Å². The van der Waals surface area contributed by atoms with Crippen molar-refractivity contribution in [2.24, 2.45) is 28.4 Å². The minimum atomic E-state index is -2.12. The van der Waals surface area contributed by atoms with Crippen LogP contribution in [-0.4, -0.2) is 56.1 Å². The quantitative estimate of drug-likeness (QED) is 0.325.